The Hall–Kier alpha value is -2.18. The van der Waals surface area contributed by atoms with E-state index in [-0.39, 0.29) is 5.41 Å². The highest BCUT2D eigenvalue weighted by atomic mass is 32.1. The Labute approximate surface area is 169 Å². The summed E-state index contributed by atoms with van der Waals surface area (Å²) in [6, 6.07) is 12.4. The quantitative estimate of drug-likeness (QED) is 0.733. The molecule has 6 heteroatoms. The number of hydrogen-bond donors (Lipinski definition) is 1. The van der Waals surface area contributed by atoms with Crippen molar-refractivity contribution in [3.63, 3.8) is 0 Å². The maximum atomic E-state index is 13.5. The first-order chi connectivity index (χ1) is 13.7. The number of benzene rings is 1. The molecule has 1 N–H and O–H groups in total. The lowest BCUT2D eigenvalue weighted by molar-refractivity contribution is -0.139. The van der Waals surface area contributed by atoms with E-state index in [2.05, 4.69) is 38.4 Å². The van der Waals surface area contributed by atoms with Gasteiger partial charge in [0.25, 0.3) is 0 Å². The summed E-state index contributed by atoms with van der Waals surface area (Å²) < 4.78 is 0. The Kier molecular flexibility index (Phi) is 4.69. The van der Waals surface area contributed by atoms with Gasteiger partial charge in [0, 0.05) is 31.1 Å². The molecule has 2 fully saturated rings. The maximum absolute atomic E-state index is 13.5. The fourth-order valence-electron chi connectivity index (χ4n) is 4.80. The minimum Gasteiger partial charge on any atom is -0.341 e. The summed E-state index contributed by atoms with van der Waals surface area (Å²) in [5.74, 6) is 1.36. The molecule has 1 amide bonds. The average Bonchev–Trinajstić information content (AvgIpc) is 3.47. The van der Waals surface area contributed by atoms with Crippen molar-refractivity contribution in [2.24, 2.45) is 0 Å². The van der Waals surface area contributed by atoms with Crippen LogP contribution >= 0.6 is 11.3 Å². The number of para-hydroxylation sites is 2. The number of amides is 1. The number of carbonyl (C=O) groups is 1. The summed E-state index contributed by atoms with van der Waals surface area (Å²) in [6.45, 7) is 4.25. The summed E-state index contributed by atoms with van der Waals surface area (Å²) in [6.07, 6.45) is 4.34. The minimum absolute atomic E-state index is 0.255. The van der Waals surface area contributed by atoms with Gasteiger partial charge in [0.05, 0.1) is 23.0 Å². The predicted molar refractivity (Wildman–Crippen MR) is 112 cm³/mol. The van der Waals surface area contributed by atoms with E-state index in [0.717, 1.165) is 75.3 Å². The molecule has 1 aromatic carbocycles. The lowest BCUT2D eigenvalue weighted by Gasteiger charge is -2.39. The SMILES string of the molecule is O=C(N1CCN(Cc2nc3ccccc3[nH]2)CC1)C1(c2cccs2)CCCC1. The van der Waals surface area contributed by atoms with Crippen molar-refractivity contribution in [3.8, 4) is 0 Å². The molecule has 0 bridgehead atoms. The number of rotatable bonds is 4. The molecule has 0 atom stereocenters. The molecule has 1 aliphatic carbocycles. The van der Waals surface area contributed by atoms with E-state index in [1.165, 1.54) is 4.88 Å². The Morgan fingerprint density at radius 1 is 1.07 bits per heavy atom. The largest absolute Gasteiger partial charge is 0.341 e. The van der Waals surface area contributed by atoms with E-state index in [0.29, 0.717) is 5.91 Å². The third kappa shape index (κ3) is 3.14. The number of nitrogens with zero attached hydrogens (tertiary/aromatic N) is 3. The first kappa shape index (κ1) is 17.9. The molecule has 3 aromatic rings. The third-order valence-electron chi connectivity index (χ3n) is 6.33. The van der Waals surface area contributed by atoms with Gasteiger partial charge >= 0.3 is 0 Å². The monoisotopic (exact) mass is 394 g/mol. The van der Waals surface area contributed by atoms with Crippen molar-refractivity contribution in [1.29, 1.82) is 0 Å². The first-order valence-corrected chi connectivity index (χ1v) is 11.1. The van der Waals surface area contributed by atoms with Crippen molar-refractivity contribution < 1.29 is 4.79 Å². The van der Waals surface area contributed by atoms with E-state index < -0.39 is 0 Å². The van der Waals surface area contributed by atoms with Gasteiger partial charge in [-0.25, -0.2) is 4.98 Å². The topological polar surface area (TPSA) is 52.2 Å². The zero-order valence-electron chi connectivity index (χ0n) is 16.1. The Morgan fingerprint density at radius 3 is 2.57 bits per heavy atom. The molecule has 5 nitrogen and oxygen atoms in total. The molecule has 2 aromatic heterocycles. The van der Waals surface area contributed by atoms with Crippen LogP contribution in [-0.4, -0.2) is 51.9 Å². The van der Waals surface area contributed by atoms with Crippen molar-refractivity contribution in [3.05, 3.63) is 52.5 Å². The Morgan fingerprint density at radius 2 is 1.86 bits per heavy atom. The molecule has 0 radical (unpaired) electrons. The van der Waals surface area contributed by atoms with Crippen LogP contribution < -0.4 is 0 Å². The number of imidazole rings is 1. The first-order valence-electron chi connectivity index (χ1n) is 10.2. The summed E-state index contributed by atoms with van der Waals surface area (Å²) in [5.41, 5.74) is 1.85. The highest BCUT2D eigenvalue weighted by Crippen LogP contribution is 2.44. The van der Waals surface area contributed by atoms with Gasteiger partial charge in [0.1, 0.15) is 5.82 Å². The van der Waals surface area contributed by atoms with Crippen molar-refractivity contribution in [2.75, 3.05) is 26.2 Å². The minimum atomic E-state index is -0.255. The second-order valence-electron chi connectivity index (χ2n) is 8.04. The van der Waals surface area contributed by atoms with Gasteiger partial charge in [-0.15, -0.1) is 11.3 Å². The highest BCUT2D eigenvalue weighted by molar-refractivity contribution is 7.10. The molecule has 1 saturated carbocycles. The molecule has 0 spiro atoms. The molecule has 0 unspecified atom stereocenters. The number of thiophene rings is 1. The van der Waals surface area contributed by atoms with Crippen LogP contribution in [0.25, 0.3) is 11.0 Å². The van der Waals surface area contributed by atoms with Crippen LogP contribution in [-0.2, 0) is 16.8 Å². The second-order valence-corrected chi connectivity index (χ2v) is 8.98. The summed E-state index contributed by atoms with van der Waals surface area (Å²) in [7, 11) is 0. The lowest BCUT2D eigenvalue weighted by Crippen LogP contribution is -2.53. The normalized spacial score (nSPS) is 20.1. The molecular formula is C22H26N4OS. The number of aromatic nitrogens is 2. The van der Waals surface area contributed by atoms with E-state index >= 15 is 0 Å². The fourth-order valence-corrected chi connectivity index (χ4v) is 5.78. The number of carbonyl (C=O) groups excluding carboxylic acids is 1. The van der Waals surface area contributed by atoms with Crippen LogP contribution in [0, 0.1) is 0 Å². The molecule has 1 aliphatic heterocycles. The van der Waals surface area contributed by atoms with Gasteiger partial charge in [-0.3, -0.25) is 9.69 Å². The zero-order valence-corrected chi connectivity index (χ0v) is 16.9. The molecule has 3 heterocycles. The summed E-state index contributed by atoms with van der Waals surface area (Å²) in [4.78, 5) is 27.4. The molecule has 1 saturated heterocycles. The van der Waals surface area contributed by atoms with Crippen molar-refractivity contribution in [1.82, 2.24) is 19.8 Å². The van der Waals surface area contributed by atoms with Gasteiger partial charge in [0.15, 0.2) is 0 Å². The van der Waals surface area contributed by atoms with Crippen molar-refractivity contribution >= 4 is 28.3 Å². The number of nitrogens with one attached hydrogen (secondary N) is 1. The number of piperazine rings is 1. The van der Waals surface area contributed by atoms with Crippen LogP contribution in [0.5, 0.6) is 0 Å². The number of H-pyrrole nitrogens is 1. The number of fused-ring (bicyclic) bond motifs is 1. The Bertz CT molecular complexity index is 917. The van der Waals surface area contributed by atoms with Crippen molar-refractivity contribution in [2.45, 2.75) is 37.6 Å². The van der Waals surface area contributed by atoms with Gasteiger partial charge in [-0.1, -0.05) is 31.0 Å². The van der Waals surface area contributed by atoms with E-state index in [1.807, 2.05) is 18.2 Å². The van der Waals surface area contributed by atoms with Gasteiger partial charge in [-0.05, 0) is 36.4 Å². The second kappa shape index (κ2) is 7.33. The molecule has 28 heavy (non-hydrogen) atoms. The summed E-state index contributed by atoms with van der Waals surface area (Å²) >= 11 is 1.75. The zero-order chi connectivity index (χ0) is 19.0. The maximum Gasteiger partial charge on any atom is 0.234 e. The average molecular weight is 395 g/mol. The molecular weight excluding hydrogens is 368 g/mol. The van der Waals surface area contributed by atoms with Gasteiger partial charge < -0.3 is 9.88 Å². The van der Waals surface area contributed by atoms with Gasteiger partial charge in [-0.2, -0.15) is 0 Å². The van der Waals surface area contributed by atoms with Crippen LogP contribution in [0.4, 0.5) is 0 Å². The molecule has 5 rings (SSSR count). The molecule has 146 valence electrons. The van der Waals surface area contributed by atoms with Crippen LogP contribution in [0.15, 0.2) is 41.8 Å². The fraction of sp³-hybridized carbons (Fsp3) is 0.455. The van der Waals surface area contributed by atoms with E-state index in [4.69, 9.17) is 4.98 Å². The highest BCUT2D eigenvalue weighted by Gasteiger charge is 2.46. The number of aromatic amines is 1. The van der Waals surface area contributed by atoms with Gasteiger partial charge in [0.2, 0.25) is 5.91 Å². The van der Waals surface area contributed by atoms with E-state index in [9.17, 15) is 4.79 Å². The summed E-state index contributed by atoms with van der Waals surface area (Å²) in [5, 5.41) is 2.11. The smallest absolute Gasteiger partial charge is 0.234 e. The lowest BCUT2D eigenvalue weighted by atomic mass is 9.82. The van der Waals surface area contributed by atoms with Crippen LogP contribution in [0.2, 0.25) is 0 Å². The van der Waals surface area contributed by atoms with Crippen LogP contribution in [0.3, 0.4) is 0 Å². The Balaban J connectivity index is 1.24. The standard InChI is InChI=1S/C22H26N4OS/c27-21(22(9-3-4-10-22)19-8-5-15-28-19)26-13-11-25(12-14-26)16-20-23-17-6-1-2-7-18(17)24-20/h1-2,5-8,15H,3-4,9-14,16H2,(H,23,24). The third-order valence-corrected chi connectivity index (χ3v) is 7.40. The van der Waals surface area contributed by atoms with E-state index in [1.54, 1.807) is 11.3 Å². The molecule has 2 aliphatic rings. The number of hydrogen-bond acceptors (Lipinski definition) is 4. The van der Waals surface area contributed by atoms with Crippen LogP contribution in [0.1, 0.15) is 36.4 Å². The predicted octanol–water partition coefficient (Wildman–Crippen LogP) is 3.78.